The molecule has 1 amide bonds. The predicted molar refractivity (Wildman–Crippen MR) is 119 cm³/mol. The Hall–Kier alpha value is -3.32. The summed E-state index contributed by atoms with van der Waals surface area (Å²) in [7, 11) is 1.56. The van der Waals surface area contributed by atoms with Crippen LogP contribution in [0.5, 0.6) is 17.2 Å². The zero-order valence-electron chi connectivity index (χ0n) is 17.2. The first-order valence-electron chi connectivity index (χ1n) is 9.51. The average Bonchev–Trinajstić information content (AvgIpc) is 3.18. The predicted octanol–water partition coefficient (Wildman–Crippen LogP) is 5.09. The molecule has 0 aliphatic rings. The van der Waals surface area contributed by atoms with Gasteiger partial charge in [0.1, 0.15) is 12.4 Å². The lowest BCUT2D eigenvalue weighted by Crippen LogP contribution is -2.08. The summed E-state index contributed by atoms with van der Waals surface area (Å²) in [5.41, 5.74) is 2.45. The number of nitrogens with zero attached hydrogens (tertiary/aromatic N) is 1. The molecular formula is C23H24N2O4S. The summed E-state index contributed by atoms with van der Waals surface area (Å²) in [6.45, 7) is 4.85. The highest BCUT2D eigenvalue weighted by Crippen LogP contribution is 2.30. The molecule has 0 bridgehead atoms. The Morgan fingerprint density at radius 3 is 2.60 bits per heavy atom. The second kappa shape index (κ2) is 10.5. The van der Waals surface area contributed by atoms with E-state index in [9.17, 15) is 4.79 Å². The highest BCUT2D eigenvalue weighted by Gasteiger charge is 2.06. The Balaban J connectivity index is 1.54. The first-order chi connectivity index (χ1) is 14.6. The molecule has 0 atom stereocenters. The minimum Gasteiger partial charge on any atom is -0.493 e. The number of carbonyl (C=O) groups excluding carboxylic acids is 1. The van der Waals surface area contributed by atoms with Gasteiger partial charge in [0.25, 0.3) is 0 Å². The van der Waals surface area contributed by atoms with Crippen LogP contribution in [0.3, 0.4) is 0 Å². The number of hydrogen-bond acceptors (Lipinski definition) is 6. The van der Waals surface area contributed by atoms with Gasteiger partial charge in [-0.1, -0.05) is 12.1 Å². The zero-order valence-corrected chi connectivity index (χ0v) is 18.0. The molecule has 1 aromatic heterocycles. The third-order valence-electron chi connectivity index (χ3n) is 4.09. The maximum Gasteiger partial charge on any atom is 0.248 e. The summed E-state index contributed by atoms with van der Waals surface area (Å²) in [5.74, 6) is 1.73. The largest absolute Gasteiger partial charge is 0.493 e. The molecule has 0 spiro atoms. The van der Waals surface area contributed by atoms with E-state index in [1.54, 1.807) is 42.7 Å². The lowest BCUT2D eigenvalue weighted by Gasteiger charge is -2.11. The van der Waals surface area contributed by atoms with E-state index in [0.717, 1.165) is 22.0 Å². The van der Waals surface area contributed by atoms with Gasteiger partial charge in [-0.25, -0.2) is 4.98 Å². The quantitative estimate of drug-likeness (QED) is 0.485. The highest BCUT2D eigenvalue weighted by atomic mass is 32.1. The molecule has 3 rings (SSSR count). The van der Waals surface area contributed by atoms with Crippen LogP contribution in [-0.4, -0.2) is 24.6 Å². The van der Waals surface area contributed by atoms with Crippen molar-refractivity contribution in [3.05, 3.63) is 70.2 Å². The van der Waals surface area contributed by atoms with Crippen LogP contribution < -0.4 is 19.5 Å². The lowest BCUT2D eigenvalue weighted by molar-refractivity contribution is -0.111. The topological polar surface area (TPSA) is 69.7 Å². The highest BCUT2D eigenvalue weighted by molar-refractivity contribution is 7.09. The Morgan fingerprint density at radius 2 is 1.93 bits per heavy atom. The Labute approximate surface area is 180 Å². The first kappa shape index (κ1) is 21.4. The number of thiazole rings is 1. The van der Waals surface area contributed by atoms with Crippen LogP contribution >= 0.6 is 11.3 Å². The second-order valence-electron chi connectivity index (χ2n) is 6.34. The molecule has 30 heavy (non-hydrogen) atoms. The van der Waals surface area contributed by atoms with E-state index in [-0.39, 0.29) is 5.91 Å². The van der Waals surface area contributed by atoms with E-state index in [1.165, 1.54) is 6.08 Å². The number of methoxy groups -OCH3 is 1. The number of hydrogen-bond donors (Lipinski definition) is 1. The molecule has 0 radical (unpaired) electrons. The number of aromatic nitrogens is 1. The van der Waals surface area contributed by atoms with E-state index in [1.807, 2.05) is 43.5 Å². The van der Waals surface area contributed by atoms with Crippen molar-refractivity contribution in [1.29, 1.82) is 0 Å². The van der Waals surface area contributed by atoms with Gasteiger partial charge in [-0.05, 0) is 49.8 Å². The van der Waals surface area contributed by atoms with Crippen molar-refractivity contribution in [2.45, 2.75) is 20.5 Å². The third-order valence-corrected chi connectivity index (χ3v) is 4.91. The summed E-state index contributed by atoms with van der Waals surface area (Å²) >= 11 is 1.61. The maximum atomic E-state index is 12.2. The molecule has 6 nitrogen and oxygen atoms in total. The van der Waals surface area contributed by atoms with E-state index in [0.29, 0.717) is 30.4 Å². The van der Waals surface area contributed by atoms with Crippen LogP contribution in [0.2, 0.25) is 0 Å². The molecule has 0 saturated heterocycles. The molecule has 2 aromatic carbocycles. The molecule has 0 fully saturated rings. The molecule has 0 saturated carbocycles. The SMILES string of the molecule is CCOc1ccc(NC(=O)/C=C/c2ccc(OCc3csc(C)n3)cc2)cc1OC. The number of nitrogens with one attached hydrogen (secondary N) is 1. The van der Waals surface area contributed by atoms with Crippen LogP contribution in [0.25, 0.3) is 6.08 Å². The van der Waals surface area contributed by atoms with Gasteiger partial charge in [0, 0.05) is 23.2 Å². The van der Waals surface area contributed by atoms with E-state index in [4.69, 9.17) is 14.2 Å². The summed E-state index contributed by atoms with van der Waals surface area (Å²) in [4.78, 5) is 16.6. The van der Waals surface area contributed by atoms with Gasteiger partial charge in [0.05, 0.1) is 24.4 Å². The summed E-state index contributed by atoms with van der Waals surface area (Å²) in [6, 6.07) is 12.8. The number of carbonyl (C=O) groups is 1. The van der Waals surface area contributed by atoms with E-state index in [2.05, 4.69) is 10.3 Å². The van der Waals surface area contributed by atoms with Crippen LogP contribution in [0.1, 0.15) is 23.2 Å². The summed E-state index contributed by atoms with van der Waals surface area (Å²) in [6.07, 6.45) is 3.23. The molecule has 7 heteroatoms. The van der Waals surface area contributed by atoms with E-state index >= 15 is 0 Å². The van der Waals surface area contributed by atoms with Crippen molar-refractivity contribution < 1.29 is 19.0 Å². The molecule has 1 N–H and O–H groups in total. The Bertz CT molecular complexity index is 1010. The van der Waals surface area contributed by atoms with Crippen molar-refractivity contribution in [2.75, 3.05) is 19.0 Å². The average molecular weight is 425 g/mol. The van der Waals surface area contributed by atoms with Crippen LogP contribution in [-0.2, 0) is 11.4 Å². The Morgan fingerprint density at radius 1 is 1.13 bits per heavy atom. The smallest absolute Gasteiger partial charge is 0.248 e. The number of ether oxygens (including phenoxy) is 3. The monoisotopic (exact) mass is 424 g/mol. The summed E-state index contributed by atoms with van der Waals surface area (Å²) < 4.78 is 16.5. The zero-order chi connectivity index (χ0) is 21.3. The number of amides is 1. The van der Waals surface area contributed by atoms with Crippen LogP contribution in [0.4, 0.5) is 5.69 Å². The first-order valence-corrected chi connectivity index (χ1v) is 10.4. The van der Waals surface area contributed by atoms with Gasteiger partial charge in [-0.15, -0.1) is 11.3 Å². The van der Waals surface area contributed by atoms with Gasteiger partial charge < -0.3 is 19.5 Å². The van der Waals surface area contributed by atoms with Gasteiger partial charge in [-0.2, -0.15) is 0 Å². The number of anilines is 1. The van der Waals surface area contributed by atoms with Crippen molar-refractivity contribution in [2.24, 2.45) is 0 Å². The van der Waals surface area contributed by atoms with Gasteiger partial charge in [0.15, 0.2) is 11.5 Å². The molecule has 0 aliphatic carbocycles. The standard InChI is InChI=1S/C23H24N2O4S/c1-4-28-21-11-8-18(13-22(21)27-3)25-23(26)12-7-17-5-9-20(10-6-17)29-14-19-15-30-16(2)24-19/h5-13,15H,4,14H2,1-3H3,(H,25,26)/b12-7+. The normalized spacial score (nSPS) is 10.8. The van der Waals surface area contributed by atoms with Crippen molar-refractivity contribution in [3.8, 4) is 17.2 Å². The van der Waals surface area contributed by atoms with Gasteiger partial charge in [-0.3, -0.25) is 4.79 Å². The summed E-state index contributed by atoms with van der Waals surface area (Å²) in [5, 5.41) is 5.83. The van der Waals surface area contributed by atoms with Gasteiger partial charge >= 0.3 is 0 Å². The third kappa shape index (κ3) is 6.09. The maximum absolute atomic E-state index is 12.2. The lowest BCUT2D eigenvalue weighted by atomic mass is 10.2. The minimum atomic E-state index is -0.236. The number of rotatable bonds is 9. The molecule has 156 valence electrons. The van der Waals surface area contributed by atoms with Crippen molar-refractivity contribution >= 4 is 29.0 Å². The van der Waals surface area contributed by atoms with Crippen molar-refractivity contribution in [1.82, 2.24) is 4.98 Å². The molecular weight excluding hydrogens is 400 g/mol. The minimum absolute atomic E-state index is 0.236. The second-order valence-corrected chi connectivity index (χ2v) is 7.40. The fraction of sp³-hybridized carbons (Fsp3) is 0.217. The fourth-order valence-corrected chi connectivity index (χ4v) is 3.28. The fourth-order valence-electron chi connectivity index (χ4n) is 2.68. The Kier molecular flexibility index (Phi) is 7.45. The molecule has 3 aromatic rings. The van der Waals surface area contributed by atoms with E-state index < -0.39 is 0 Å². The number of benzene rings is 2. The van der Waals surface area contributed by atoms with Gasteiger partial charge in [0.2, 0.25) is 5.91 Å². The van der Waals surface area contributed by atoms with Crippen molar-refractivity contribution in [3.63, 3.8) is 0 Å². The van der Waals surface area contributed by atoms with Crippen LogP contribution in [0, 0.1) is 6.92 Å². The molecule has 1 heterocycles. The van der Waals surface area contributed by atoms with Crippen LogP contribution in [0.15, 0.2) is 53.9 Å². The molecule has 0 unspecified atom stereocenters. The number of aryl methyl sites for hydroxylation is 1. The molecule has 0 aliphatic heterocycles.